The Morgan fingerprint density at radius 2 is 0.767 bits per heavy atom. The molecule has 0 amide bonds. The van der Waals surface area contributed by atoms with Crippen molar-refractivity contribution in [2.24, 2.45) is 0 Å². The maximum Gasteiger partial charge on any atom is 0.193 e. The maximum absolute atomic E-state index is 7.02. The van der Waals surface area contributed by atoms with E-state index in [-0.39, 0.29) is 28.0 Å². The van der Waals surface area contributed by atoms with Crippen LogP contribution in [-0.4, -0.2) is 45.7 Å². The summed E-state index contributed by atoms with van der Waals surface area (Å²) in [6.07, 6.45) is 7.47. The molecule has 11 heteroatoms. The summed E-state index contributed by atoms with van der Waals surface area (Å²) < 4.78 is 0. The van der Waals surface area contributed by atoms with Crippen molar-refractivity contribution < 1.29 is 28.0 Å². The number of aromatic nitrogens is 4. The van der Waals surface area contributed by atoms with Gasteiger partial charge < -0.3 is 11.0 Å². The second kappa shape index (κ2) is 18.1. The first kappa shape index (κ1) is 41.1. The zero-order chi connectivity index (χ0) is 29.5. The van der Waals surface area contributed by atoms with Crippen LogP contribution in [0.4, 0.5) is 0 Å². The Hall–Kier alpha value is -1.95. The number of pyridine rings is 4. The molecule has 0 aliphatic rings. The van der Waals surface area contributed by atoms with Crippen LogP contribution in [0.15, 0.2) is 85.5 Å². The third-order valence-electron chi connectivity index (χ3n) is 7.63. The van der Waals surface area contributed by atoms with Crippen LogP contribution in [0.3, 0.4) is 0 Å². The van der Waals surface area contributed by atoms with Crippen LogP contribution in [-0.2, 0) is 17.1 Å². The summed E-state index contributed by atoms with van der Waals surface area (Å²) in [6, 6.07) is 20.0. The van der Waals surface area contributed by atoms with Crippen molar-refractivity contribution in [3.8, 4) is 22.8 Å². The van der Waals surface area contributed by atoms with Gasteiger partial charge in [-0.05, 0) is 68.9 Å². The van der Waals surface area contributed by atoms with E-state index in [0.717, 1.165) is 22.8 Å². The molecule has 0 atom stereocenters. The van der Waals surface area contributed by atoms with Gasteiger partial charge in [0, 0.05) is 41.9 Å². The third-order valence-corrected chi connectivity index (χ3v) is 23.3. The van der Waals surface area contributed by atoms with Gasteiger partial charge in [-0.1, -0.05) is 79.7 Å². The molecule has 0 bridgehead atoms. The Bertz CT molecular complexity index is 1210. The van der Waals surface area contributed by atoms with Gasteiger partial charge >= 0.3 is 0 Å². The molecule has 4 aromatic heterocycles. The van der Waals surface area contributed by atoms with Crippen molar-refractivity contribution in [2.75, 3.05) is 0 Å². The van der Waals surface area contributed by atoms with E-state index in [0.29, 0.717) is 22.2 Å². The van der Waals surface area contributed by atoms with E-state index in [1.165, 1.54) is 10.4 Å². The number of rotatable bonds is 8. The molecule has 43 heavy (non-hydrogen) atoms. The molecule has 0 unspecified atom stereocenters. The SMILES string of the molecule is CC(C)[Si](Cl)(c1ccc(-c2ccccn2)nc1)C(C)C.CC(C)[Si](Cl)(c1ccc(-c2ccccn2)nc1)C(C)C.O.O.[Fe]. The quantitative estimate of drug-likeness (QED) is 0.145. The minimum Gasteiger partial charge on any atom is -0.412 e. The summed E-state index contributed by atoms with van der Waals surface area (Å²) in [7, 11) is -4.03. The minimum absolute atomic E-state index is 0. The Morgan fingerprint density at radius 3 is 0.977 bits per heavy atom. The van der Waals surface area contributed by atoms with Crippen molar-refractivity contribution in [2.45, 2.75) is 77.6 Å². The Morgan fingerprint density at radius 1 is 0.465 bits per heavy atom. The zero-order valence-electron chi connectivity index (χ0n) is 26.3. The molecular formula is C32H46Cl2FeN4O2Si2. The van der Waals surface area contributed by atoms with Gasteiger partial charge in [-0.25, -0.2) is 0 Å². The fourth-order valence-electron chi connectivity index (χ4n) is 5.24. The summed E-state index contributed by atoms with van der Waals surface area (Å²) in [5, 5.41) is 2.42. The van der Waals surface area contributed by atoms with Gasteiger partial charge in [0.1, 0.15) is 0 Å². The molecule has 0 aliphatic carbocycles. The van der Waals surface area contributed by atoms with Crippen LogP contribution in [0.2, 0.25) is 22.2 Å². The van der Waals surface area contributed by atoms with E-state index in [1.807, 2.05) is 60.9 Å². The van der Waals surface area contributed by atoms with Crippen molar-refractivity contribution in [1.29, 1.82) is 0 Å². The van der Waals surface area contributed by atoms with Gasteiger partial charge in [-0.3, -0.25) is 19.9 Å². The van der Waals surface area contributed by atoms with E-state index in [9.17, 15) is 0 Å². The Balaban J connectivity index is 0.000000767. The molecule has 0 saturated heterocycles. The first-order valence-corrected chi connectivity index (χ1v) is 20.4. The van der Waals surface area contributed by atoms with Gasteiger partial charge in [0.15, 0.2) is 14.8 Å². The molecule has 236 valence electrons. The predicted molar refractivity (Wildman–Crippen MR) is 185 cm³/mol. The van der Waals surface area contributed by atoms with Crippen molar-refractivity contribution in [3.63, 3.8) is 0 Å². The second-order valence-electron chi connectivity index (χ2n) is 11.4. The number of hydrogen-bond acceptors (Lipinski definition) is 4. The summed E-state index contributed by atoms with van der Waals surface area (Å²) in [6.45, 7) is 17.7. The molecule has 0 fully saturated rings. The first-order valence-electron chi connectivity index (χ1n) is 14.1. The van der Waals surface area contributed by atoms with Gasteiger partial charge in [0.25, 0.3) is 0 Å². The summed E-state index contributed by atoms with van der Waals surface area (Å²) >= 11 is 14.0. The molecule has 0 spiro atoms. The first-order chi connectivity index (χ1) is 18.9. The van der Waals surface area contributed by atoms with Crippen LogP contribution in [0, 0.1) is 0 Å². The summed E-state index contributed by atoms with van der Waals surface area (Å²) in [5.74, 6) is 0. The monoisotopic (exact) mass is 700 g/mol. The van der Waals surface area contributed by atoms with Gasteiger partial charge in [0.05, 0.1) is 22.8 Å². The predicted octanol–water partition coefficient (Wildman–Crippen LogP) is 7.06. The summed E-state index contributed by atoms with van der Waals surface area (Å²) in [5.41, 5.74) is 5.51. The third kappa shape index (κ3) is 9.52. The largest absolute Gasteiger partial charge is 0.412 e. The average Bonchev–Trinajstić information content (AvgIpc) is 2.97. The van der Waals surface area contributed by atoms with Crippen LogP contribution < -0.4 is 10.4 Å². The molecule has 4 aromatic rings. The van der Waals surface area contributed by atoms with Crippen LogP contribution in [0.5, 0.6) is 0 Å². The van der Waals surface area contributed by atoms with E-state index >= 15 is 0 Å². The standard InChI is InChI=1S/2C16H21ClN2Si.Fe.2H2O/c2*1-12(2)20(17,13(3)4)14-8-9-16(19-11-14)15-7-5-6-10-18-15;;;/h2*5-13H,1-4H3;;2*1H2. The van der Waals surface area contributed by atoms with Gasteiger partial charge in [-0.2, -0.15) is 22.2 Å². The molecule has 0 saturated carbocycles. The normalized spacial score (nSPS) is 11.3. The Labute approximate surface area is 279 Å². The molecule has 0 aliphatic heterocycles. The topological polar surface area (TPSA) is 115 Å². The van der Waals surface area contributed by atoms with E-state index in [2.05, 4.69) is 87.5 Å². The number of hydrogen-bond donors (Lipinski definition) is 0. The van der Waals surface area contributed by atoms with E-state index < -0.39 is 14.8 Å². The minimum atomic E-state index is -2.01. The molecular weight excluding hydrogens is 655 g/mol. The molecule has 4 N–H and O–H groups in total. The molecule has 6 nitrogen and oxygen atoms in total. The second-order valence-corrected chi connectivity index (χ2v) is 24.0. The molecule has 0 radical (unpaired) electrons. The fraction of sp³-hybridized carbons (Fsp3) is 0.375. The van der Waals surface area contributed by atoms with Crippen LogP contribution in [0.1, 0.15) is 55.4 Å². The van der Waals surface area contributed by atoms with Crippen molar-refractivity contribution in [1.82, 2.24) is 19.9 Å². The van der Waals surface area contributed by atoms with Gasteiger partial charge in [0.2, 0.25) is 0 Å². The van der Waals surface area contributed by atoms with Gasteiger partial charge in [-0.15, -0.1) is 0 Å². The van der Waals surface area contributed by atoms with Crippen molar-refractivity contribution >= 4 is 47.3 Å². The average molecular weight is 702 g/mol. The van der Waals surface area contributed by atoms with Crippen molar-refractivity contribution in [3.05, 3.63) is 85.5 Å². The fourth-order valence-corrected chi connectivity index (χ4v) is 12.4. The number of halogens is 2. The van der Waals surface area contributed by atoms with Crippen LogP contribution >= 0.6 is 22.2 Å². The smallest absolute Gasteiger partial charge is 0.193 e. The molecule has 4 rings (SSSR count). The zero-order valence-corrected chi connectivity index (χ0v) is 30.9. The van der Waals surface area contributed by atoms with E-state index in [1.54, 1.807) is 12.4 Å². The Kier molecular flexibility index (Phi) is 17.3. The molecule has 4 heterocycles. The summed E-state index contributed by atoms with van der Waals surface area (Å²) in [4.78, 5) is 17.8. The van der Waals surface area contributed by atoms with Crippen LogP contribution in [0.25, 0.3) is 22.8 Å². The maximum atomic E-state index is 7.02. The molecule has 0 aromatic carbocycles. The number of nitrogens with zero attached hydrogens (tertiary/aromatic N) is 4. The van der Waals surface area contributed by atoms with E-state index in [4.69, 9.17) is 22.2 Å².